The van der Waals surface area contributed by atoms with Crippen LogP contribution in [0.15, 0.2) is 48.5 Å². The Morgan fingerprint density at radius 2 is 1.81 bits per heavy atom. The third-order valence-corrected chi connectivity index (χ3v) is 4.36. The maximum absolute atomic E-state index is 9.31. The van der Waals surface area contributed by atoms with E-state index in [0.29, 0.717) is 11.8 Å². The maximum atomic E-state index is 9.31. The summed E-state index contributed by atoms with van der Waals surface area (Å²) < 4.78 is 0. The van der Waals surface area contributed by atoms with Crippen molar-refractivity contribution in [2.75, 3.05) is 6.54 Å². The second-order valence-electron chi connectivity index (χ2n) is 5.87. The number of aryl methyl sites for hydroxylation is 1. The van der Waals surface area contributed by atoms with E-state index in [2.05, 4.69) is 29.6 Å². The molecule has 2 nitrogen and oxygen atoms in total. The van der Waals surface area contributed by atoms with Gasteiger partial charge in [0.05, 0.1) is 0 Å². The van der Waals surface area contributed by atoms with Crippen LogP contribution >= 0.6 is 0 Å². The van der Waals surface area contributed by atoms with E-state index in [1.807, 2.05) is 12.1 Å². The first-order valence-electron chi connectivity index (χ1n) is 7.92. The van der Waals surface area contributed by atoms with Gasteiger partial charge in [-0.3, -0.25) is 0 Å². The smallest absolute Gasteiger partial charge is 0.115 e. The summed E-state index contributed by atoms with van der Waals surface area (Å²) in [7, 11) is 0. The molecule has 2 N–H and O–H groups in total. The van der Waals surface area contributed by atoms with Gasteiger partial charge in [0.25, 0.3) is 0 Å². The Morgan fingerprint density at radius 3 is 2.67 bits per heavy atom. The summed E-state index contributed by atoms with van der Waals surface area (Å²) in [5, 5.41) is 13.0. The molecule has 0 saturated heterocycles. The summed E-state index contributed by atoms with van der Waals surface area (Å²) in [4.78, 5) is 0. The number of aromatic hydroxyl groups is 1. The number of benzene rings is 2. The molecule has 0 aromatic heterocycles. The minimum Gasteiger partial charge on any atom is -0.508 e. The summed E-state index contributed by atoms with van der Waals surface area (Å²) in [6, 6.07) is 16.9. The minimum absolute atomic E-state index is 0.337. The van der Waals surface area contributed by atoms with Gasteiger partial charge in [0.1, 0.15) is 5.75 Å². The second-order valence-corrected chi connectivity index (χ2v) is 5.87. The monoisotopic (exact) mass is 281 g/mol. The highest BCUT2D eigenvalue weighted by atomic mass is 16.3. The SMILES string of the molecule is Oc1ccc(CCN[C@@H]2CCCCc3ccccc32)cc1. The topological polar surface area (TPSA) is 32.3 Å². The predicted molar refractivity (Wildman–Crippen MR) is 86.6 cm³/mol. The molecular weight excluding hydrogens is 258 g/mol. The third kappa shape index (κ3) is 3.64. The lowest BCUT2D eigenvalue weighted by atomic mass is 9.99. The normalized spacial score (nSPS) is 18.0. The Hall–Kier alpha value is -1.80. The van der Waals surface area contributed by atoms with E-state index < -0.39 is 0 Å². The summed E-state index contributed by atoms with van der Waals surface area (Å²) in [6.07, 6.45) is 6.04. The maximum Gasteiger partial charge on any atom is 0.115 e. The van der Waals surface area contributed by atoms with E-state index in [9.17, 15) is 5.11 Å². The zero-order chi connectivity index (χ0) is 14.5. The lowest BCUT2D eigenvalue weighted by Gasteiger charge is -2.19. The average Bonchev–Trinajstić information content (AvgIpc) is 2.72. The van der Waals surface area contributed by atoms with Crippen molar-refractivity contribution in [2.45, 2.75) is 38.1 Å². The molecule has 0 aliphatic heterocycles. The molecule has 1 aliphatic rings. The van der Waals surface area contributed by atoms with Crippen molar-refractivity contribution < 1.29 is 5.11 Å². The van der Waals surface area contributed by atoms with E-state index in [1.54, 1.807) is 12.1 Å². The molecule has 0 bridgehead atoms. The zero-order valence-electron chi connectivity index (χ0n) is 12.4. The number of fused-ring (bicyclic) bond motifs is 1. The molecular formula is C19H23NO. The first kappa shape index (κ1) is 14.2. The van der Waals surface area contributed by atoms with Crippen molar-refractivity contribution in [3.05, 3.63) is 65.2 Å². The van der Waals surface area contributed by atoms with Crippen LogP contribution in [-0.4, -0.2) is 11.7 Å². The molecule has 2 heteroatoms. The lowest BCUT2D eigenvalue weighted by Crippen LogP contribution is -2.24. The molecule has 21 heavy (non-hydrogen) atoms. The van der Waals surface area contributed by atoms with Crippen molar-refractivity contribution in [1.29, 1.82) is 0 Å². The van der Waals surface area contributed by atoms with Crippen LogP contribution in [0.1, 0.15) is 42.0 Å². The van der Waals surface area contributed by atoms with Crippen molar-refractivity contribution in [1.82, 2.24) is 5.32 Å². The van der Waals surface area contributed by atoms with Gasteiger partial charge in [-0.15, -0.1) is 0 Å². The highest BCUT2D eigenvalue weighted by Gasteiger charge is 2.17. The van der Waals surface area contributed by atoms with Gasteiger partial charge < -0.3 is 10.4 Å². The quantitative estimate of drug-likeness (QED) is 0.830. The summed E-state index contributed by atoms with van der Waals surface area (Å²) in [5.74, 6) is 0.337. The van der Waals surface area contributed by atoms with Gasteiger partial charge in [0.2, 0.25) is 0 Å². The lowest BCUT2D eigenvalue weighted by molar-refractivity contribution is 0.474. The molecule has 0 fully saturated rings. The number of nitrogens with one attached hydrogen (secondary N) is 1. The molecule has 1 atom stereocenters. The molecule has 0 unspecified atom stereocenters. The average molecular weight is 281 g/mol. The Labute approximate surface area is 126 Å². The van der Waals surface area contributed by atoms with Gasteiger partial charge in [0, 0.05) is 6.04 Å². The van der Waals surface area contributed by atoms with Crippen molar-refractivity contribution in [2.24, 2.45) is 0 Å². The number of phenols is 1. The fourth-order valence-electron chi connectivity index (χ4n) is 3.19. The van der Waals surface area contributed by atoms with Crippen LogP contribution in [0, 0.1) is 0 Å². The fraction of sp³-hybridized carbons (Fsp3) is 0.368. The van der Waals surface area contributed by atoms with Crippen LogP contribution in [0.5, 0.6) is 5.75 Å². The molecule has 1 aliphatic carbocycles. The van der Waals surface area contributed by atoms with E-state index in [-0.39, 0.29) is 0 Å². The van der Waals surface area contributed by atoms with E-state index in [1.165, 1.54) is 42.4 Å². The van der Waals surface area contributed by atoms with Crippen LogP contribution in [0.4, 0.5) is 0 Å². The van der Waals surface area contributed by atoms with E-state index in [0.717, 1.165) is 13.0 Å². The highest BCUT2D eigenvalue weighted by Crippen LogP contribution is 2.28. The first-order valence-corrected chi connectivity index (χ1v) is 7.92. The molecule has 0 amide bonds. The Bertz CT molecular complexity index is 576. The van der Waals surface area contributed by atoms with Gasteiger partial charge in [-0.2, -0.15) is 0 Å². The molecule has 3 rings (SSSR count). The van der Waals surface area contributed by atoms with Crippen LogP contribution in [-0.2, 0) is 12.8 Å². The van der Waals surface area contributed by atoms with Crippen molar-refractivity contribution in [3.8, 4) is 5.75 Å². The first-order chi connectivity index (χ1) is 10.3. The van der Waals surface area contributed by atoms with Crippen LogP contribution < -0.4 is 5.32 Å². The van der Waals surface area contributed by atoms with Crippen molar-refractivity contribution in [3.63, 3.8) is 0 Å². The van der Waals surface area contributed by atoms with E-state index in [4.69, 9.17) is 0 Å². The standard InChI is InChI=1S/C19H23NO/c21-17-11-9-15(10-12-17)13-14-20-19-8-4-2-6-16-5-1-3-7-18(16)19/h1,3,5,7,9-12,19-21H,2,4,6,8,13-14H2/t19-/m1/s1. The Kier molecular flexibility index (Phi) is 4.56. The number of hydrogen-bond donors (Lipinski definition) is 2. The fourth-order valence-corrected chi connectivity index (χ4v) is 3.19. The van der Waals surface area contributed by atoms with Gasteiger partial charge >= 0.3 is 0 Å². The molecule has 0 saturated carbocycles. The van der Waals surface area contributed by atoms with Gasteiger partial charge in [-0.05, 0) is 61.1 Å². The predicted octanol–water partition coefficient (Wildman–Crippen LogP) is 3.99. The third-order valence-electron chi connectivity index (χ3n) is 4.36. The van der Waals surface area contributed by atoms with Crippen LogP contribution in [0.2, 0.25) is 0 Å². The molecule has 0 radical (unpaired) electrons. The van der Waals surface area contributed by atoms with Gasteiger partial charge in [0.15, 0.2) is 0 Å². The number of rotatable bonds is 4. The minimum atomic E-state index is 0.337. The summed E-state index contributed by atoms with van der Waals surface area (Å²) in [6.45, 7) is 0.976. The molecule has 0 heterocycles. The van der Waals surface area contributed by atoms with E-state index >= 15 is 0 Å². The molecule has 2 aromatic rings. The Balaban J connectivity index is 1.61. The van der Waals surface area contributed by atoms with Gasteiger partial charge in [-0.25, -0.2) is 0 Å². The van der Waals surface area contributed by atoms with Crippen LogP contribution in [0.25, 0.3) is 0 Å². The highest BCUT2D eigenvalue weighted by molar-refractivity contribution is 5.31. The Morgan fingerprint density at radius 1 is 1.00 bits per heavy atom. The number of hydrogen-bond acceptors (Lipinski definition) is 2. The summed E-state index contributed by atoms with van der Waals surface area (Å²) >= 11 is 0. The van der Waals surface area contributed by atoms with Crippen molar-refractivity contribution >= 4 is 0 Å². The number of phenolic OH excluding ortho intramolecular Hbond substituents is 1. The van der Waals surface area contributed by atoms with Crippen LogP contribution in [0.3, 0.4) is 0 Å². The molecule has 2 aromatic carbocycles. The largest absolute Gasteiger partial charge is 0.508 e. The second kappa shape index (κ2) is 6.77. The zero-order valence-corrected chi connectivity index (χ0v) is 12.4. The molecule has 0 spiro atoms. The summed E-state index contributed by atoms with van der Waals surface area (Å²) in [5.41, 5.74) is 4.26. The van der Waals surface area contributed by atoms with Gasteiger partial charge in [-0.1, -0.05) is 42.8 Å². The molecule has 110 valence electrons.